The molecule has 0 saturated heterocycles. The topological polar surface area (TPSA) is 85.7 Å². The quantitative estimate of drug-likeness (QED) is 0.695. The normalized spacial score (nSPS) is 17.9. The summed E-state index contributed by atoms with van der Waals surface area (Å²) in [5.41, 5.74) is 3.09. The molecule has 7 nitrogen and oxygen atoms in total. The van der Waals surface area contributed by atoms with Crippen LogP contribution in [-0.4, -0.2) is 46.6 Å². The van der Waals surface area contributed by atoms with Crippen LogP contribution in [0.15, 0.2) is 35.3 Å². The summed E-state index contributed by atoms with van der Waals surface area (Å²) in [6.07, 6.45) is 5.80. The Balaban J connectivity index is 1.59. The lowest BCUT2D eigenvalue weighted by Crippen LogP contribution is -2.30. The average molecular weight is 393 g/mol. The van der Waals surface area contributed by atoms with Crippen molar-refractivity contribution in [1.29, 1.82) is 0 Å². The van der Waals surface area contributed by atoms with Gasteiger partial charge in [0.1, 0.15) is 11.4 Å². The van der Waals surface area contributed by atoms with Crippen molar-refractivity contribution >= 4 is 29.1 Å². The van der Waals surface area contributed by atoms with E-state index < -0.39 is 0 Å². The number of nitrogens with one attached hydrogen (secondary N) is 2. The van der Waals surface area contributed by atoms with Crippen LogP contribution in [0.4, 0.5) is 17.3 Å². The molecule has 2 aromatic rings. The van der Waals surface area contributed by atoms with Gasteiger partial charge in [0.15, 0.2) is 17.5 Å². The zero-order chi connectivity index (χ0) is 20.4. The van der Waals surface area contributed by atoms with Crippen molar-refractivity contribution in [3.63, 3.8) is 0 Å². The van der Waals surface area contributed by atoms with Crippen molar-refractivity contribution in [2.75, 3.05) is 28.7 Å². The Kier molecular flexibility index (Phi) is 5.38. The van der Waals surface area contributed by atoms with Gasteiger partial charge >= 0.3 is 0 Å². The molecule has 152 valence electrons. The fraction of sp³-hybridized carbons (Fsp3) is 0.409. The molecule has 0 fully saturated rings. The summed E-state index contributed by atoms with van der Waals surface area (Å²) in [6.45, 7) is 7.90. The number of dihydropyridines is 1. The third-order valence-corrected chi connectivity index (χ3v) is 5.26. The van der Waals surface area contributed by atoms with E-state index in [0.717, 1.165) is 54.5 Å². The van der Waals surface area contributed by atoms with Crippen LogP contribution < -0.4 is 15.5 Å². The molecule has 0 amide bonds. The van der Waals surface area contributed by atoms with Gasteiger partial charge in [-0.15, -0.1) is 0 Å². The van der Waals surface area contributed by atoms with Crippen molar-refractivity contribution in [3.05, 3.63) is 41.7 Å². The molecule has 0 saturated carbocycles. The van der Waals surface area contributed by atoms with Crippen molar-refractivity contribution < 1.29 is 5.11 Å². The van der Waals surface area contributed by atoms with Crippen molar-refractivity contribution in [3.8, 4) is 5.75 Å². The smallest absolute Gasteiger partial charge is 0.165 e. The second kappa shape index (κ2) is 8.11. The first kappa shape index (κ1) is 19.2. The predicted octanol–water partition coefficient (Wildman–Crippen LogP) is 3.68. The minimum atomic E-state index is 0.287. The van der Waals surface area contributed by atoms with E-state index in [1.807, 2.05) is 18.3 Å². The lowest BCUT2D eigenvalue weighted by atomic mass is 10.1. The highest BCUT2D eigenvalue weighted by molar-refractivity contribution is 6.09. The zero-order valence-electron chi connectivity index (χ0n) is 17.2. The highest BCUT2D eigenvalue weighted by atomic mass is 16.3. The van der Waals surface area contributed by atoms with E-state index in [1.165, 1.54) is 0 Å². The molecule has 0 aliphatic carbocycles. The minimum absolute atomic E-state index is 0.287. The lowest BCUT2D eigenvalue weighted by molar-refractivity contribution is 0.475. The van der Waals surface area contributed by atoms with Crippen LogP contribution >= 0.6 is 0 Å². The van der Waals surface area contributed by atoms with E-state index in [9.17, 15) is 5.11 Å². The number of aromatic nitrogens is 2. The maximum absolute atomic E-state index is 9.44. The maximum atomic E-state index is 9.44. The number of hydrogen-bond donors (Lipinski definition) is 3. The van der Waals surface area contributed by atoms with Crippen LogP contribution in [0.25, 0.3) is 5.57 Å². The van der Waals surface area contributed by atoms with Crippen LogP contribution in [0.5, 0.6) is 5.75 Å². The molecular weight excluding hydrogens is 364 g/mol. The molecular formula is C22H28N6O. The predicted molar refractivity (Wildman–Crippen MR) is 119 cm³/mol. The van der Waals surface area contributed by atoms with E-state index in [-0.39, 0.29) is 5.75 Å². The Morgan fingerprint density at radius 2 is 2.03 bits per heavy atom. The van der Waals surface area contributed by atoms with Gasteiger partial charge in [-0.3, -0.25) is 4.99 Å². The number of nitrogens with zero attached hydrogens (tertiary/aromatic N) is 4. The molecule has 1 aromatic carbocycles. The van der Waals surface area contributed by atoms with Gasteiger partial charge in [-0.05, 0) is 51.3 Å². The number of fused-ring (bicyclic) bond motifs is 1. The first-order valence-electron chi connectivity index (χ1n) is 10.2. The molecule has 1 aromatic heterocycles. The molecule has 2 aliphatic heterocycles. The number of anilines is 3. The first-order valence-corrected chi connectivity index (χ1v) is 10.2. The fourth-order valence-corrected chi connectivity index (χ4v) is 3.50. The van der Waals surface area contributed by atoms with Gasteiger partial charge in [-0.2, -0.15) is 0 Å². The third kappa shape index (κ3) is 4.18. The summed E-state index contributed by atoms with van der Waals surface area (Å²) in [5, 5.41) is 16.4. The molecule has 1 unspecified atom stereocenters. The third-order valence-electron chi connectivity index (χ3n) is 5.26. The Morgan fingerprint density at radius 3 is 2.72 bits per heavy atom. The van der Waals surface area contributed by atoms with E-state index in [4.69, 9.17) is 9.97 Å². The number of aromatic hydroxyl groups is 1. The van der Waals surface area contributed by atoms with Gasteiger partial charge < -0.3 is 20.6 Å². The fourth-order valence-electron chi connectivity index (χ4n) is 3.50. The largest absolute Gasteiger partial charge is 0.508 e. The number of allylic oxidation sites excluding steroid dienone is 1. The van der Waals surface area contributed by atoms with Gasteiger partial charge in [0.05, 0.1) is 12.7 Å². The van der Waals surface area contributed by atoms with Crippen molar-refractivity contribution in [1.82, 2.24) is 9.97 Å². The number of phenolic OH excluding ortho intramolecular Hbond substituents is 1. The van der Waals surface area contributed by atoms with E-state index in [0.29, 0.717) is 17.9 Å². The minimum Gasteiger partial charge on any atom is -0.508 e. The summed E-state index contributed by atoms with van der Waals surface area (Å²) < 4.78 is 0. The Labute approximate surface area is 171 Å². The van der Waals surface area contributed by atoms with Crippen LogP contribution in [0.2, 0.25) is 0 Å². The van der Waals surface area contributed by atoms with Gasteiger partial charge in [0.25, 0.3) is 0 Å². The number of hydrogen-bond acceptors (Lipinski definition) is 7. The number of benzene rings is 1. The van der Waals surface area contributed by atoms with Gasteiger partial charge in [0, 0.05) is 24.4 Å². The molecule has 3 N–H and O–H groups in total. The number of rotatable bonds is 6. The highest BCUT2D eigenvalue weighted by Crippen LogP contribution is 2.37. The summed E-state index contributed by atoms with van der Waals surface area (Å²) >= 11 is 0. The van der Waals surface area contributed by atoms with E-state index >= 15 is 0 Å². The van der Waals surface area contributed by atoms with Crippen LogP contribution in [0.3, 0.4) is 0 Å². The monoisotopic (exact) mass is 392 g/mol. The Hall–Kier alpha value is -3.09. The Bertz CT molecular complexity index is 935. The second-order valence-corrected chi connectivity index (χ2v) is 7.86. The van der Waals surface area contributed by atoms with Crippen LogP contribution in [0, 0.1) is 0 Å². The van der Waals surface area contributed by atoms with E-state index in [1.54, 1.807) is 12.1 Å². The number of aliphatic imine (C=N–C) groups is 1. The van der Waals surface area contributed by atoms with E-state index in [2.05, 4.69) is 47.4 Å². The molecule has 0 bridgehead atoms. The lowest BCUT2D eigenvalue weighted by Gasteiger charge is -2.22. The molecule has 7 heteroatoms. The van der Waals surface area contributed by atoms with Crippen molar-refractivity contribution in [2.24, 2.45) is 4.99 Å². The second-order valence-electron chi connectivity index (χ2n) is 7.86. The highest BCUT2D eigenvalue weighted by Gasteiger charge is 2.27. The average Bonchev–Trinajstić information content (AvgIpc) is 3.14. The maximum Gasteiger partial charge on any atom is 0.165 e. The first-order chi connectivity index (χ1) is 14.0. The summed E-state index contributed by atoms with van der Waals surface area (Å²) in [4.78, 5) is 16.5. The molecule has 3 heterocycles. The Morgan fingerprint density at radius 1 is 1.24 bits per heavy atom. The van der Waals surface area contributed by atoms with Crippen LogP contribution in [-0.2, 0) is 6.42 Å². The molecule has 4 rings (SSSR count). The molecule has 2 aliphatic rings. The standard InChI is InChI=1S/C22H28N6O/c1-14(2)28-13-25-19-21(23-11-10-16-5-8-18(29)9-6-16)26-20(27-22(19)28)17-7-4-15(3)24-12-17/h5-9,12,14-15,25,29H,4,10-11,13H2,1-3H3,(H,23,26,27). The zero-order valence-corrected chi connectivity index (χ0v) is 17.2. The molecule has 1 atom stereocenters. The summed E-state index contributed by atoms with van der Waals surface area (Å²) in [6, 6.07) is 7.96. The summed E-state index contributed by atoms with van der Waals surface area (Å²) in [5.74, 6) is 2.75. The van der Waals surface area contributed by atoms with Crippen LogP contribution in [0.1, 0.15) is 38.6 Å². The number of phenols is 1. The van der Waals surface area contributed by atoms with Gasteiger partial charge in [-0.25, -0.2) is 9.97 Å². The SMILES string of the molecule is CC1CC=C(c2nc(NCCc3ccc(O)cc3)c3c(n2)N(C(C)C)CN3)C=N1. The molecule has 0 radical (unpaired) electrons. The van der Waals surface area contributed by atoms with Gasteiger partial charge in [0.2, 0.25) is 0 Å². The van der Waals surface area contributed by atoms with Crippen molar-refractivity contribution in [2.45, 2.75) is 45.7 Å². The molecule has 0 spiro atoms. The molecule has 29 heavy (non-hydrogen) atoms. The van der Waals surface area contributed by atoms with Gasteiger partial charge in [-0.1, -0.05) is 18.2 Å². The summed E-state index contributed by atoms with van der Waals surface area (Å²) in [7, 11) is 0.